The molecule has 0 atom stereocenters. The number of guanidine groups is 1. The number of aliphatic imine (C=N–C) groups is 1. The number of amides is 1. The Kier molecular flexibility index (Phi) is 9.43. The highest BCUT2D eigenvalue weighted by molar-refractivity contribution is 6.35. The molecule has 0 aliphatic rings. The van der Waals surface area contributed by atoms with E-state index in [9.17, 15) is 13.6 Å². The fourth-order valence-electron chi connectivity index (χ4n) is 1.97. The Balaban J connectivity index is 2.87. The monoisotopic (exact) mass is 410 g/mol. The Labute approximate surface area is 161 Å². The number of nitrogens with zero attached hydrogens (tertiary/aromatic N) is 2. The van der Waals surface area contributed by atoms with Gasteiger partial charge in [-0.2, -0.15) is 8.78 Å². The lowest BCUT2D eigenvalue weighted by Crippen LogP contribution is -2.39. The van der Waals surface area contributed by atoms with Crippen molar-refractivity contribution < 1.29 is 18.3 Å². The summed E-state index contributed by atoms with van der Waals surface area (Å²) in [5.74, 6) is 0.245. The van der Waals surface area contributed by atoms with Crippen molar-refractivity contribution in [2.24, 2.45) is 4.99 Å². The Morgan fingerprint density at radius 2 is 2.00 bits per heavy atom. The molecule has 0 saturated heterocycles. The summed E-state index contributed by atoms with van der Waals surface area (Å²) in [5.41, 5.74) is 0.323. The molecule has 1 aromatic rings. The van der Waals surface area contributed by atoms with Crippen LogP contribution < -0.4 is 15.4 Å². The molecule has 6 nitrogen and oxygen atoms in total. The minimum Gasteiger partial charge on any atom is -0.433 e. The number of carbonyl (C=O) groups is 1. The third kappa shape index (κ3) is 7.61. The van der Waals surface area contributed by atoms with Gasteiger partial charge in [-0.3, -0.25) is 4.79 Å². The molecule has 0 spiro atoms. The van der Waals surface area contributed by atoms with E-state index in [0.29, 0.717) is 31.0 Å². The summed E-state index contributed by atoms with van der Waals surface area (Å²) in [7, 11) is 3.35. The zero-order valence-electron chi connectivity index (χ0n) is 14.8. The maximum Gasteiger partial charge on any atom is 0.387 e. The number of hydrogen-bond donors (Lipinski definition) is 2. The van der Waals surface area contributed by atoms with Crippen molar-refractivity contribution in [3.05, 3.63) is 27.7 Å². The second kappa shape index (κ2) is 11.0. The van der Waals surface area contributed by atoms with Gasteiger partial charge in [0, 0.05) is 44.2 Å². The van der Waals surface area contributed by atoms with Crippen LogP contribution in [0.25, 0.3) is 0 Å². The molecule has 0 bridgehead atoms. The standard InChI is InChI=1S/C16H22Cl2F2N4O2/c1-4-21-16(22-6-5-13(25)24(2)3)23-9-10-7-11(17)8-12(18)14(10)26-15(19)20/h7-8,15H,4-6,9H2,1-3H3,(H2,21,22,23). The number of benzene rings is 1. The first-order valence-corrected chi connectivity index (χ1v) is 8.65. The molecule has 0 saturated carbocycles. The van der Waals surface area contributed by atoms with Gasteiger partial charge in [-0.1, -0.05) is 23.2 Å². The van der Waals surface area contributed by atoms with Crippen LogP contribution in [0.15, 0.2) is 17.1 Å². The van der Waals surface area contributed by atoms with Crippen LogP contribution in [0.4, 0.5) is 8.78 Å². The predicted octanol–water partition coefficient (Wildman–Crippen LogP) is 3.13. The van der Waals surface area contributed by atoms with Crippen molar-refractivity contribution in [1.82, 2.24) is 15.5 Å². The Hall–Kier alpha value is -1.80. The third-order valence-corrected chi connectivity index (χ3v) is 3.67. The minimum absolute atomic E-state index is 0.0132. The number of carbonyl (C=O) groups excluding carboxylic acids is 1. The van der Waals surface area contributed by atoms with E-state index in [0.717, 1.165) is 0 Å². The Morgan fingerprint density at radius 3 is 2.58 bits per heavy atom. The Morgan fingerprint density at radius 1 is 1.31 bits per heavy atom. The summed E-state index contributed by atoms with van der Waals surface area (Å²) < 4.78 is 29.7. The van der Waals surface area contributed by atoms with Crippen LogP contribution >= 0.6 is 23.2 Å². The van der Waals surface area contributed by atoms with Crippen molar-refractivity contribution in [3.8, 4) is 5.75 Å². The molecule has 0 aliphatic carbocycles. The topological polar surface area (TPSA) is 66.0 Å². The van der Waals surface area contributed by atoms with Gasteiger partial charge in [0.2, 0.25) is 5.91 Å². The largest absolute Gasteiger partial charge is 0.433 e. The first-order valence-electron chi connectivity index (χ1n) is 7.89. The van der Waals surface area contributed by atoms with Gasteiger partial charge in [-0.25, -0.2) is 4.99 Å². The molecular formula is C16H22Cl2F2N4O2. The summed E-state index contributed by atoms with van der Waals surface area (Å²) in [4.78, 5) is 17.4. The Bertz CT molecular complexity index is 643. The first kappa shape index (κ1) is 22.2. The van der Waals surface area contributed by atoms with Crippen LogP contribution in [-0.2, 0) is 11.3 Å². The number of halogens is 4. The van der Waals surface area contributed by atoms with Gasteiger partial charge in [-0.05, 0) is 19.1 Å². The number of nitrogens with one attached hydrogen (secondary N) is 2. The van der Waals surface area contributed by atoms with E-state index in [1.54, 1.807) is 14.1 Å². The fourth-order valence-corrected chi connectivity index (χ4v) is 2.55. The van der Waals surface area contributed by atoms with Crippen molar-refractivity contribution in [2.75, 3.05) is 27.2 Å². The van der Waals surface area contributed by atoms with Crippen molar-refractivity contribution in [3.63, 3.8) is 0 Å². The van der Waals surface area contributed by atoms with Crippen LogP contribution in [-0.4, -0.2) is 50.6 Å². The molecule has 0 aliphatic heterocycles. The van der Waals surface area contributed by atoms with Crippen LogP contribution in [0.5, 0.6) is 5.75 Å². The summed E-state index contributed by atoms with van der Waals surface area (Å²) in [5, 5.41) is 6.28. The highest BCUT2D eigenvalue weighted by Crippen LogP contribution is 2.34. The van der Waals surface area contributed by atoms with Crippen LogP contribution in [0.3, 0.4) is 0 Å². The third-order valence-electron chi connectivity index (χ3n) is 3.17. The van der Waals surface area contributed by atoms with E-state index < -0.39 is 6.61 Å². The SMILES string of the molecule is CCNC(=NCc1cc(Cl)cc(Cl)c1OC(F)F)NCCC(=O)N(C)C. The van der Waals surface area contributed by atoms with E-state index in [1.807, 2.05) is 6.92 Å². The molecule has 0 radical (unpaired) electrons. The van der Waals surface area contributed by atoms with Gasteiger partial charge < -0.3 is 20.3 Å². The number of rotatable bonds is 8. The quantitative estimate of drug-likeness (QED) is 0.510. The average Bonchev–Trinajstić information content (AvgIpc) is 2.54. The van der Waals surface area contributed by atoms with Gasteiger partial charge >= 0.3 is 6.61 Å². The van der Waals surface area contributed by atoms with Crippen LogP contribution in [0, 0.1) is 0 Å². The zero-order valence-corrected chi connectivity index (χ0v) is 16.3. The molecule has 26 heavy (non-hydrogen) atoms. The number of alkyl halides is 2. The average molecular weight is 411 g/mol. The molecule has 146 valence electrons. The summed E-state index contributed by atoms with van der Waals surface area (Å²) in [6, 6.07) is 2.79. The molecular weight excluding hydrogens is 389 g/mol. The molecule has 10 heteroatoms. The fraction of sp³-hybridized carbons (Fsp3) is 0.500. The van der Waals surface area contributed by atoms with Gasteiger partial charge in [-0.15, -0.1) is 0 Å². The lowest BCUT2D eigenvalue weighted by molar-refractivity contribution is -0.128. The van der Waals surface area contributed by atoms with Crippen molar-refractivity contribution >= 4 is 35.1 Å². The molecule has 1 aromatic carbocycles. The van der Waals surface area contributed by atoms with Crippen LogP contribution in [0.2, 0.25) is 10.0 Å². The van der Waals surface area contributed by atoms with E-state index in [-0.39, 0.29) is 28.2 Å². The molecule has 0 fully saturated rings. The van der Waals surface area contributed by atoms with Crippen molar-refractivity contribution in [2.45, 2.75) is 26.5 Å². The molecule has 2 N–H and O–H groups in total. The highest BCUT2D eigenvalue weighted by atomic mass is 35.5. The first-order chi connectivity index (χ1) is 12.2. The summed E-state index contributed by atoms with van der Waals surface area (Å²) in [6.45, 7) is -0.160. The van der Waals surface area contributed by atoms with Gasteiger partial charge in [0.25, 0.3) is 0 Å². The van der Waals surface area contributed by atoms with E-state index in [2.05, 4.69) is 20.4 Å². The lowest BCUT2D eigenvalue weighted by Gasteiger charge is -2.15. The van der Waals surface area contributed by atoms with E-state index >= 15 is 0 Å². The molecule has 0 unspecified atom stereocenters. The number of ether oxygens (including phenoxy) is 1. The number of hydrogen-bond acceptors (Lipinski definition) is 3. The normalized spacial score (nSPS) is 11.5. The van der Waals surface area contributed by atoms with Gasteiger partial charge in [0.1, 0.15) is 5.75 Å². The maximum atomic E-state index is 12.6. The van der Waals surface area contributed by atoms with Gasteiger partial charge in [0.15, 0.2) is 5.96 Å². The van der Waals surface area contributed by atoms with Crippen LogP contribution in [0.1, 0.15) is 18.9 Å². The van der Waals surface area contributed by atoms with E-state index in [1.165, 1.54) is 17.0 Å². The zero-order chi connectivity index (χ0) is 19.7. The second-order valence-corrected chi connectivity index (χ2v) is 6.26. The summed E-state index contributed by atoms with van der Waals surface area (Å²) >= 11 is 11.9. The molecule has 0 heterocycles. The predicted molar refractivity (Wildman–Crippen MR) is 99.2 cm³/mol. The minimum atomic E-state index is -3.01. The molecule has 0 aromatic heterocycles. The second-order valence-electron chi connectivity index (χ2n) is 5.41. The van der Waals surface area contributed by atoms with E-state index in [4.69, 9.17) is 23.2 Å². The highest BCUT2D eigenvalue weighted by Gasteiger charge is 2.15. The smallest absolute Gasteiger partial charge is 0.387 e. The lowest BCUT2D eigenvalue weighted by atomic mass is 10.2. The molecule has 1 rings (SSSR count). The van der Waals surface area contributed by atoms with Crippen molar-refractivity contribution in [1.29, 1.82) is 0 Å². The maximum absolute atomic E-state index is 12.6. The molecule has 1 amide bonds. The summed E-state index contributed by atoms with van der Waals surface area (Å²) in [6.07, 6.45) is 0.292. The van der Waals surface area contributed by atoms with Gasteiger partial charge in [0.05, 0.1) is 11.6 Å².